The van der Waals surface area contributed by atoms with Gasteiger partial charge in [0.15, 0.2) is 0 Å². The number of anilines is 1. The summed E-state index contributed by atoms with van der Waals surface area (Å²) in [4.78, 5) is 5.12. The van der Waals surface area contributed by atoms with Crippen molar-refractivity contribution in [3.8, 4) is 0 Å². The lowest BCUT2D eigenvalue weighted by atomic mass is 10.0. The van der Waals surface area contributed by atoms with E-state index in [0.717, 1.165) is 32.7 Å². The summed E-state index contributed by atoms with van der Waals surface area (Å²) in [5, 5.41) is 3.54. The van der Waals surface area contributed by atoms with E-state index in [9.17, 15) is 0 Å². The zero-order chi connectivity index (χ0) is 15.5. The van der Waals surface area contributed by atoms with E-state index in [1.807, 2.05) is 0 Å². The number of benzene rings is 1. The highest BCUT2D eigenvalue weighted by molar-refractivity contribution is 5.54. The minimum atomic E-state index is 0.283. The second kappa shape index (κ2) is 6.80. The molecular formula is C18H31N3. The number of hydrogen-bond donors (Lipinski definition) is 1. The molecule has 0 amide bonds. The van der Waals surface area contributed by atoms with Crippen LogP contribution in [0, 0.1) is 0 Å². The summed E-state index contributed by atoms with van der Waals surface area (Å²) in [6.45, 7) is 16.8. The molecule has 0 radical (unpaired) electrons. The third-order valence-corrected chi connectivity index (χ3v) is 4.26. The molecule has 3 heteroatoms. The Kier molecular flexibility index (Phi) is 5.28. The molecular weight excluding hydrogens is 258 g/mol. The van der Waals surface area contributed by atoms with Crippen molar-refractivity contribution < 1.29 is 0 Å². The van der Waals surface area contributed by atoms with Crippen LogP contribution in [-0.4, -0.2) is 42.7 Å². The first-order valence-corrected chi connectivity index (χ1v) is 8.19. The van der Waals surface area contributed by atoms with Gasteiger partial charge in [-0.15, -0.1) is 0 Å². The third-order valence-electron chi connectivity index (χ3n) is 4.26. The first-order valence-electron chi connectivity index (χ1n) is 8.19. The van der Waals surface area contributed by atoms with E-state index in [2.05, 4.69) is 74.0 Å². The average molecular weight is 289 g/mol. The molecule has 3 nitrogen and oxygen atoms in total. The number of nitrogens with one attached hydrogen (secondary N) is 1. The minimum Gasteiger partial charge on any atom is -0.369 e. The molecule has 1 aromatic rings. The van der Waals surface area contributed by atoms with Gasteiger partial charge in [0.05, 0.1) is 0 Å². The van der Waals surface area contributed by atoms with E-state index in [1.54, 1.807) is 0 Å². The number of hydrogen-bond acceptors (Lipinski definition) is 3. The number of piperazine rings is 1. The zero-order valence-corrected chi connectivity index (χ0v) is 14.3. The lowest BCUT2D eigenvalue weighted by molar-refractivity contribution is 0.128. The quantitative estimate of drug-likeness (QED) is 0.919. The van der Waals surface area contributed by atoms with Gasteiger partial charge in [-0.05, 0) is 32.4 Å². The number of rotatable bonds is 4. The normalized spacial score (nSPS) is 17.5. The van der Waals surface area contributed by atoms with Gasteiger partial charge in [-0.1, -0.05) is 32.0 Å². The second-order valence-corrected chi connectivity index (χ2v) is 7.31. The van der Waals surface area contributed by atoms with Crippen molar-refractivity contribution in [1.82, 2.24) is 10.2 Å². The smallest absolute Gasteiger partial charge is 0.0412 e. The standard InChI is InChI=1S/C18H31N3/c1-15(2)19-14-16-8-6-7-9-17(16)20-10-12-21(13-11-20)18(3,4)5/h6-9,15,19H,10-14H2,1-5H3. The molecule has 21 heavy (non-hydrogen) atoms. The highest BCUT2D eigenvalue weighted by Crippen LogP contribution is 2.24. The summed E-state index contributed by atoms with van der Waals surface area (Å²) in [5.41, 5.74) is 3.10. The molecule has 2 rings (SSSR count). The topological polar surface area (TPSA) is 18.5 Å². The molecule has 0 aromatic heterocycles. The van der Waals surface area contributed by atoms with E-state index < -0.39 is 0 Å². The SMILES string of the molecule is CC(C)NCc1ccccc1N1CCN(C(C)(C)C)CC1. The molecule has 1 saturated heterocycles. The van der Waals surface area contributed by atoms with Crippen LogP contribution >= 0.6 is 0 Å². The van der Waals surface area contributed by atoms with Gasteiger partial charge >= 0.3 is 0 Å². The van der Waals surface area contributed by atoms with Crippen molar-refractivity contribution in [3.05, 3.63) is 29.8 Å². The summed E-state index contributed by atoms with van der Waals surface area (Å²) in [7, 11) is 0. The molecule has 1 aliphatic heterocycles. The van der Waals surface area contributed by atoms with Crippen molar-refractivity contribution in [2.24, 2.45) is 0 Å². The van der Waals surface area contributed by atoms with Crippen LogP contribution in [0.5, 0.6) is 0 Å². The van der Waals surface area contributed by atoms with Crippen LogP contribution in [0.1, 0.15) is 40.2 Å². The summed E-state index contributed by atoms with van der Waals surface area (Å²) < 4.78 is 0. The van der Waals surface area contributed by atoms with Crippen LogP contribution in [0.2, 0.25) is 0 Å². The predicted molar refractivity (Wildman–Crippen MR) is 92.0 cm³/mol. The molecule has 0 spiro atoms. The van der Waals surface area contributed by atoms with Crippen molar-refractivity contribution in [1.29, 1.82) is 0 Å². The maximum absolute atomic E-state index is 3.54. The van der Waals surface area contributed by atoms with Gasteiger partial charge in [-0.3, -0.25) is 4.90 Å². The van der Waals surface area contributed by atoms with E-state index in [-0.39, 0.29) is 5.54 Å². The predicted octanol–water partition coefficient (Wildman–Crippen LogP) is 3.11. The number of para-hydroxylation sites is 1. The molecule has 1 aliphatic rings. The Hall–Kier alpha value is -1.06. The highest BCUT2D eigenvalue weighted by Gasteiger charge is 2.26. The van der Waals surface area contributed by atoms with E-state index in [1.165, 1.54) is 11.3 Å². The van der Waals surface area contributed by atoms with Gasteiger partial charge in [0.1, 0.15) is 0 Å². The van der Waals surface area contributed by atoms with Crippen LogP contribution in [-0.2, 0) is 6.54 Å². The van der Waals surface area contributed by atoms with Gasteiger partial charge in [-0.25, -0.2) is 0 Å². The molecule has 1 heterocycles. The summed E-state index contributed by atoms with van der Waals surface area (Å²) in [5.74, 6) is 0. The lowest BCUT2D eigenvalue weighted by Gasteiger charge is -2.43. The first-order chi connectivity index (χ1) is 9.88. The van der Waals surface area contributed by atoms with Crippen LogP contribution < -0.4 is 10.2 Å². The fourth-order valence-electron chi connectivity index (χ4n) is 2.90. The van der Waals surface area contributed by atoms with Gasteiger partial charge in [0, 0.05) is 50.0 Å². The average Bonchev–Trinajstić information content (AvgIpc) is 2.44. The van der Waals surface area contributed by atoms with Crippen LogP contribution in [0.15, 0.2) is 24.3 Å². The summed E-state index contributed by atoms with van der Waals surface area (Å²) in [6.07, 6.45) is 0. The number of nitrogens with zero attached hydrogens (tertiary/aromatic N) is 2. The van der Waals surface area contributed by atoms with E-state index >= 15 is 0 Å². The van der Waals surface area contributed by atoms with E-state index in [0.29, 0.717) is 6.04 Å². The molecule has 1 N–H and O–H groups in total. The second-order valence-electron chi connectivity index (χ2n) is 7.31. The first kappa shape index (κ1) is 16.3. The summed E-state index contributed by atoms with van der Waals surface area (Å²) >= 11 is 0. The molecule has 1 aromatic carbocycles. The third kappa shape index (κ3) is 4.45. The van der Waals surface area contributed by atoms with Crippen molar-refractivity contribution in [3.63, 3.8) is 0 Å². The molecule has 0 aliphatic carbocycles. The van der Waals surface area contributed by atoms with Gasteiger partial charge < -0.3 is 10.2 Å². The van der Waals surface area contributed by atoms with Crippen LogP contribution in [0.25, 0.3) is 0 Å². The Bertz CT molecular complexity index is 440. The van der Waals surface area contributed by atoms with Crippen molar-refractivity contribution in [2.75, 3.05) is 31.1 Å². The minimum absolute atomic E-state index is 0.283. The highest BCUT2D eigenvalue weighted by atomic mass is 15.3. The van der Waals surface area contributed by atoms with E-state index in [4.69, 9.17) is 0 Å². The largest absolute Gasteiger partial charge is 0.369 e. The maximum Gasteiger partial charge on any atom is 0.0412 e. The molecule has 0 saturated carbocycles. The Balaban J connectivity index is 2.03. The fourth-order valence-corrected chi connectivity index (χ4v) is 2.90. The fraction of sp³-hybridized carbons (Fsp3) is 0.667. The molecule has 0 unspecified atom stereocenters. The monoisotopic (exact) mass is 289 g/mol. The maximum atomic E-state index is 3.54. The molecule has 0 bridgehead atoms. The Labute approximate surface area is 130 Å². The van der Waals surface area contributed by atoms with Crippen LogP contribution in [0.3, 0.4) is 0 Å². The van der Waals surface area contributed by atoms with Gasteiger partial charge in [-0.2, -0.15) is 0 Å². The Morgan fingerprint density at radius 1 is 1.05 bits per heavy atom. The molecule has 118 valence electrons. The zero-order valence-electron chi connectivity index (χ0n) is 14.3. The van der Waals surface area contributed by atoms with Crippen molar-refractivity contribution in [2.45, 2.75) is 52.7 Å². The molecule has 1 fully saturated rings. The lowest BCUT2D eigenvalue weighted by Crippen LogP contribution is -2.53. The van der Waals surface area contributed by atoms with Gasteiger partial charge in [0.25, 0.3) is 0 Å². The van der Waals surface area contributed by atoms with Crippen LogP contribution in [0.4, 0.5) is 5.69 Å². The van der Waals surface area contributed by atoms with Crippen molar-refractivity contribution >= 4 is 5.69 Å². The molecule has 0 atom stereocenters. The summed E-state index contributed by atoms with van der Waals surface area (Å²) in [6, 6.07) is 9.34. The Morgan fingerprint density at radius 2 is 1.67 bits per heavy atom. The Morgan fingerprint density at radius 3 is 2.24 bits per heavy atom. The van der Waals surface area contributed by atoms with Gasteiger partial charge in [0.2, 0.25) is 0 Å².